The molecular weight excluding hydrogens is 242 g/mol. The Labute approximate surface area is 112 Å². The van der Waals surface area contributed by atoms with Gasteiger partial charge in [-0.3, -0.25) is 9.58 Å². The number of nitrogens with two attached hydrogens (primary N) is 1. The number of aromatic nitrogens is 5. The molecule has 0 saturated heterocycles. The number of aryl methyl sites for hydroxylation is 1. The van der Waals surface area contributed by atoms with Crippen molar-refractivity contribution in [3.8, 4) is 0 Å². The Bertz CT molecular complexity index is 544. The molecule has 0 radical (unpaired) electrons. The van der Waals surface area contributed by atoms with E-state index in [1.807, 2.05) is 10.9 Å². The molecule has 7 heteroatoms. The molecule has 2 aromatic heterocycles. The van der Waals surface area contributed by atoms with Crippen LogP contribution in [0, 0.1) is 0 Å². The van der Waals surface area contributed by atoms with Gasteiger partial charge in [-0.05, 0) is 6.92 Å². The predicted octanol–water partition coefficient (Wildman–Crippen LogP) is 0.0101. The van der Waals surface area contributed by atoms with Crippen LogP contribution in [-0.2, 0) is 19.6 Å². The molecule has 19 heavy (non-hydrogen) atoms. The Morgan fingerprint density at radius 3 is 3.05 bits per heavy atom. The molecule has 0 aromatic carbocycles. The van der Waals surface area contributed by atoms with Gasteiger partial charge >= 0.3 is 0 Å². The van der Waals surface area contributed by atoms with Crippen LogP contribution in [-0.4, -0.2) is 42.5 Å². The van der Waals surface area contributed by atoms with Crippen LogP contribution < -0.4 is 5.73 Å². The topological polar surface area (TPSA) is 77.8 Å². The van der Waals surface area contributed by atoms with Gasteiger partial charge in [0.05, 0.1) is 18.8 Å². The molecule has 0 saturated carbocycles. The van der Waals surface area contributed by atoms with Crippen LogP contribution in [0.15, 0.2) is 18.7 Å². The van der Waals surface area contributed by atoms with Gasteiger partial charge in [0.15, 0.2) is 0 Å². The van der Waals surface area contributed by atoms with E-state index in [0.29, 0.717) is 6.54 Å². The fraction of sp³-hybridized carbons (Fsp3) is 0.583. The van der Waals surface area contributed by atoms with E-state index >= 15 is 0 Å². The number of rotatable bonds is 4. The summed E-state index contributed by atoms with van der Waals surface area (Å²) in [5, 5.41) is 12.4. The molecule has 0 aliphatic carbocycles. The van der Waals surface area contributed by atoms with E-state index in [2.05, 4.69) is 37.9 Å². The van der Waals surface area contributed by atoms with Crippen molar-refractivity contribution < 1.29 is 0 Å². The lowest BCUT2D eigenvalue weighted by Gasteiger charge is -2.33. The standard InChI is InChI=1S/C12H19N7/c1-2-19-7-10(6-15-19)11(5-13)17-3-4-18-9-14-16-12(18)8-17/h6-7,9,11H,2-5,8,13H2,1H3. The third kappa shape index (κ3) is 2.26. The van der Waals surface area contributed by atoms with Gasteiger partial charge in [0.1, 0.15) is 12.2 Å². The minimum atomic E-state index is 0.200. The van der Waals surface area contributed by atoms with Gasteiger partial charge in [-0.2, -0.15) is 5.10 Å². The Morgan fingerprint density at radius 1 is 1.42 bits per heavy atom. The van der Waals surface area contributed by atoms with Gasteiger partial charge < -0.3 is 10.3 Å². The van der Waals surface area contributed by atoms with Crippen LogP contribution in [0.25, 0.3) is 0 Å². The SMILES string of the molecule is CCn1cc(C(CN)N2CCn3cnnc3C2)cn1. The van der Waals surface area contributed by atoms with Gasteiger partial charge in [0.25, 0.3) is 0 Å². The zero-order valence-corrected chi connectivity index (χ0v) is 11.1. The van der Waals surface area contributed by atoms with Crippen molar-refractivity contribution in [2.24, 2.45) is 5.73 Å². The van der Waals surface area contributed by atoms with E-state index in [1.54, 1.807) is 6.33 Å². The summed E-state index contributed by atoms with van der Waals surface area (Å²) >= 11 is 0. The van der Waals surface area contributed by atoms with Crippen molar-refractivity contribution in [2.75, 3.05) is 13.1 Å². The highest BCUT2D eigenvalue weighted by molar-refractivity contribution is 5.12. The van der Waals surface area contributed by atoms with Gasteiger partial charge in [-0.15, -0.1) is 10.2 Å². The summed E-state index contributed by atoms with van der Waals surface area (Å²) in [5.41, 5.74) is 7.14. The number of fused-ring (bicyclic) bond motifs is 1. The lowest BCUT2D eigenvalue weighted by molar-refractivity contribution is 0.156. The Morgan fingerprint density at radius 2 is 2.32 bits per heavy atom. The maximum Gasteiger partial charge on any atom is 0.147 e. The third-order valence-corrected chi connectivity index (χ3v) is 3.69. The summed E-state index contributed by atoms with van der Waals surface area (Å²) in [4.78, 5) is 2.35. The molecule has 7 nitrogen and oxygen atoms in total. The monoisotopic (exact) mass is 261 g/mol. The zero-order valence-electron chi connectivity index (χ0n) is 11.1. The summed E-state index contributed by atoms with van der Waals surface area (Å²) < 4.78 is 4.03. The van der Waals surface area contributed by atoms with E-state index in [1.165, 1.54) is 5.56 Å². The second-order valence-electron chi connectivity index (χ2n) is 4.79. The Balaban J connectivity index is 1.80. The van der Waals surface area contributed by atoms with Crippen molar-refractivity contribution >= 4 is 0 Å². The second kappa shape index (κ2) is 5.10. The fourth-order valence-electron chi connectivity index (χ4n) is 2.57. The largest absolute Gasteiger partial charge is 0.329 e. The molecule has 2 N–H and O–H groups in total. The molecule has 1 aliphatic rings. The molecule has 3 heterocycles. The summed E-state index contributed by atoms with van der Waals surface area (Å²) in [5.74, 6) is 1.01. The Hall–Kier alpha value is -1.73. The molecule has 0 spiro atoms. The molecular formula is C12H19N7. The lowest BCUT2D eigenvalue weighted by atomic mass is 10.1. The average molecular weight is 261 g/mol. The van der Waals surface area contributed by atoms with Crippen LogP contribution in [0.4, 0.5) is 0 Å². The quantitative estimate of drug-likeness (QED) is 0.839. The first-order valence-corrected chi connectivity index (χ1v) is 6.65. The fourth-order valence-corrected chi connectivity index (χ4v) is 2.57. The van der Waals surface area contributed by atoms with Crippen molar-refractivity contribution in [3.05, 3.63) is 30.1 Å². The van der Waals surface area contributed by atoms with Gasteiger partial charge in [0, 0.05) is 37.9 Å². The molecule has 0 bridgehead atoms. The van der Waals surface area contributed by atoms with Gasteiger partial charge in [-0.1, -0.05) is 0 Å². The summed E-state index contributed by atoms with van der Waals surface area (Å²) in [6.45, 7) is 6.22. The highest BCUT2D eigenvalue weighted by Gasteiger charge is 2.25. The maximum atomic E-state index is 5.96. The second-order valence-corrected chi connectivity index (χ2v) is 4.79. The molecule has 1 atom stereocenters. The predicted molar refractivity (Wildman–Crippen MR) is 70.1 cm³/mol. The van der Waals surface area contributed by atoms with Gasteiger partial charge in [0.2, 0.25) is 0 Å². The van der Waals surface area contributed by atoms with Crippen LogP contribution in [0.3, 0.4) is 0 Å². The van der Waals surface area contributed by atoms with E-state index in [-0.39, 0.29) is 6.04 Å². The minimum absolute atomic E-state index is 0.200. The third-order valence-electron chi connectivity index (χ3n) is 3.69. The number of hydrogen-bond acceptors (Lipinski definition) is 5. The minimum Gasteiger partial charge on any atom is -0.329 e. The first-order chi connectivity index (χ1) is 9.31. The van der Waals surface area contributed by atoms with E-state index in [9.17, 15) is 0 Å². The summed E-state index contributed by atoms with van der Waals surface area (Å²) in [7, 11) is 0. The molecule has 1 unspecified atom stereocenters. The van der Waals surface area contributed by atoms with Crippen LogP contribution in [0.2, 0.25) is 0 Å². The van der Waals surface area contributed by atoms with Crippen molar-refractivity contribution in [1.29, 1.82) is 0 Å². The molecule has 102 valence electrons. The van der Waals surface area contributed by atoms with E-state index in [4.69, 9.17) is 5.73 Å². The highest BCUT2D eigenvalue weighted by atomic mass is 15.3. The van der Waals surface area contributed by atoms with E-state index in [0.717, 1.165) is 32.0 Å². The Kier molecular flexibility index (Phi) is 3.31. The molecule has 0 fully saturated rings. The number of hydrogen-bond donors (Lipinski definition) is 1. The number of nitrogens with zero attached hydrogens (tertiary/aromatic N) is 6. The molecule has 1 aliphatic heterocycles. The lowest BCUT2D eigenvalue weighted by Crippen LogP contribution is -2.39. The van der Waals surface area contributed by atoms with Crippen LogP contribution in [0.1, 0.15) is 24.4 Å². The van der Waals surface area contributed by atoms with Crippen molar-refractivity contribution in [3.63, 3.8) is 0 Å². The highest BCUT2D eigenvalue weighted by Crippen LogP contribution is 2.23. The average Bonchev–Trinajstić information content (AvgIpc) is 3.07. The summed E-state index contributed by atoms with van der Waals surface area (Å²) in [6.07, 6.45) is 5.79. The normalized spacial score (nSPS) is 17.4. The van der Waals surface area contributed by atoms with Crippen LogP contribution >= 0.6 is 0 Å². The molecule has 2 aromatic rings. The summed E-state index contributed by atoms with van der Waals surface area (Å²) in [6, 6.07) is 0.200. The van der Waals surface area contributed by atoms with Gasteiger partial charge in [-0.25, -0.2) is 0 Å². The molecule has 3 rings (SSSR count). The first kappa shape index (κ1) is 12.3. The molecule has 0 amide bonds. The maximum absolute atomic E-state index is 5.96. The van der Waals surface area contributed by atoms with Crippen LogP contribution in [0.5, 0.6) is 0 Å². The van der Waals surface area contributed by atoms with Crippen molar-refractivity contribution in [1.82, 2.24) is 29.4 Å². The zero-order chi connectivity index (χ0) is 13.2. The first-order valence-electron chi connectivity index (χ1n) is 6.65. The van der Waals surface area contributed by atoms with E-state index < -0.39 is 0 Å². The smallest absolute Gasteiger partial charge is 0.147 e. The van der Waals surface area contributed by atoms with Crippen molar-refractivity contribution in [2.45, 2.75) is 32.6 Å².